The van der Waals surface area contributed by atoms with Crippen LogP contribution in [0.25, 0.3) is 0 Å². The van der Waals surface area contributed by atoms with Crippen molar-refractivity contribution < 1.29 is 13.2 Å². The molecule has 6 heteroatoms. The van der Waals surface area contributed by atoms with Crippen molar-refractivity contribution in [1.29, 1.82) is 0 Å². The predicted molar refractivity (Wildman–Crippen MR) is 104 cm³/mol. The van der Waals surface area contributed by atoms with Gasteiger partial charge in [0.15, 0.2) is 0 Å². The maximum absolute atomic E-state index is 13.0. The van der Waals surface area contributed by atoms with Crippen LogP contribution in [-0.2, 0) is 14.8 Å². The highest BCUT2D eigenvalue weighted by Gasteiger charge is 2.59. The van der Waals surface area contributed by atoms with E-state index in [4.69, 9.17) is 0 Å². The van der Waals surface area contributed by atoms with Crippen molar-refractivity contribution >= 4 is 15.9 Å². The van der Waals surface area contributed by atoms with Crippen LogP contribution in [0.15, 0.2) is 0 Å². The number of sulfonamides is 1. The molecule has 1 unspecified atom stereocenters. The predicted octanol–water partition coefficient (Wildman–Crippen LogP) is 3.11. The molecule has 0 bridgehead atoms. The largest absolute Gasteiger partial charge is 0.341 e. The van der Waals surface area contributed by atoms with E-state index in [1.165, 1.54) is 42.7 Å². The molecule has 1 saturated heterocycles. The van der Waals surface area contributed by atoms with Gasteiger partial charge in [-0.3, -0.25) is 4.79 Å². The molecular formula is C20H36N2O3S. The molecule has 0 aromatic carbocycles. The molecule has 1 heterocycles. The fourth-order valence-electron chi connectivity index (χ4n) is 5.18. The van der Waals surface area contributed by atoms with Gasteiger partial charge in [0.2, 0.25) is 15.9 Å². The lowest BCUT2D eigenvalue weighted by molar-refractivity contribution is -0.133. The highest BCUT2D eigenvalue weighted by molar-refractivity contribution is 7.88. The van der Waals surface area contributed by atoms with E-state index in [0.717, 1.165) is 18.8 Å². The summed E-state index contributed by atoms with van der Waals surface area (Å²) in [6.07, 6.45) is 9.18. The van der Waals surface area contributed by atoms with Crippen LogP contribution < -0.4 is 0 Å². The lowest BCUT2D eigenvalue weighted by Crippen LogP contribution is -2.39. The average molecular weight is 385 g/mol. The molecule has 150 valence electrons. The fraction of sp³-hybridized carbons (Fsp3) is 0.950. The summed E-state index contributed by atoms with van der Waals surface area (Å²) in [5, 5.41) is 0. The van der Waals surface area contributed by atoms with Gasteiger partial charge < -0.3 is 4.90 Å². The van der Waals surface area contributed by atoms with E-state index in [2.05, 4.69) is 20.8 Å². The van der Waals surface area contributed by atoms with Crippen LogP contribution in [-0.4, -0.2) is 56.0 Å². The van der Waals surface area contributed by atoms with Crippen LogP contribution >= 0.6 is 0 Å². The normalized spacial score (nSPS) is 33.9. The zero-order valence-electron chi connectivity index (χ0n) is 17.0. The molecule has 3 fully saturated rings. The number of amides is 1. The van der Waals surface area contributed by atoms with Gasteiger partial charge >= 0.3 is 0 Å². The quantitative estimate of drug-likeness (QED) is 0.748. The van der Waals surface area contributed by atoms with Crippen LogP contribution in [0.4, 0.5) is 0 Å². The molecule has 2 saturated carbocycles. The minimum Gasteiger partial charge on any atom is -0.341 e. The minimum atomic E-state index is -3.16. The van der Waals surface area contributed by atoms with Crippen LogP contribution in [0.5, 0.6) is 0 Å². The van der Waals surface area contributed by atoms with Crippen LogP contribution in [0.3, 0.4) is 0 Å². The molecule has 0 N–H and O–H groups in total. The van der Waals surface area contributed by atoms with Gasteiger partial charge in [0.05, 0.1) is 6.26 Å². The average Bonchev–Trinajstić information content (AvgIpc) is 3.32. The summed E-state index contributed by atoms with van der Waals surface area (Å²) in [6.45, 7) is 9.27. The van der Waals surface area contributed by atoms with E-state index in [1.54, 1.807) is 0 Å². The molecule has 3 rings (SSSR count). The van der Waals surface area contributed by atoms with Crippen molar-refractivity contribution in [3.05, 3.63) is 0 Å². The van der Waals surface area contributed by atoms with Gasteiger partial charge in [0.25, 0.3) is 0 Å². The highest BCUT2D eigenvalue weighted by atomic mass is 32.2. The molecule has 0 aromatic rings. The molecule has 1 amide bonds. The number of hydrogen-bond acceptors (Lipinski definition) is 3. The molecule has 0 aromatic heterocycles. The van der Waals surface area contributed by atoms with E-state index in [9.17, 15) is 13.2 Å². The van der Waals surface area contributed by atoms with Crippen molar-refractivity contribution in [3.8, 4) is 0 Å². The topological polar surface area (TPSA) is 57.7 Å². The monoisotopic (exact) mass is 384 g/mol. The van der Waals surface area contributed by atoms with Gasteiger partial charge in [-0.25, -0.2) is 12.7 Å². The van der Waals surface area contributed by atoms with Crippen molar-refractivity contribution in [3.63, 3.8) is 0 Å². The summed E-state index contributed by atoms with van der Waals surface area (Å²) in [5.74, 6) is 1.27. The van der Waals surface area contributed by atoms with Gasteiger partial charge in [-0.15, -0.1) is 0 Å². The smallest absolute Gasteiger partial charge is 0.226 e. The molecule has 1 atom stereocenters. The second-order valence-corrected chi connectivity index (χ2v) is 11.6. The van der Waals surface area contributed by atoms with Crippen molar-refractivity contribution in [2.45, 2.75) is 65.7 Å². The Balaban J connectivity index is 1.55. The van der Waals surface area contributed by atoms with E-state index < -0.39 is 10.0 Å². The Morgan fingerprint density at radius 3 is 2.35 bits per heavy atom. The van der Waals surface area contributed by atoms with Gasteiger partial charge in [-0.2, -0.15) is 0 Å². The molecule has 0 radical (unpaired) electrons. The lowest BCUT2D eigenvalue weighted by Gasteiger charge is -2.39. The molecule has 26 heavy (non-hydrogen) atoms. The van der Waals surface area contributed by atoms with Gasteiger partial charge in [0.1, 0.15) is 0 Å². The Labute approximate surface area is 159 Å². The number of nitrogens with zero attached hydrogens (tertiary/aromatic N) is 2. The van der Waals surface area contributed by atoms with Gasteiger partial charge in [0, 0.05) is 32.1 Å². The third-order valence-corrected chi connectivity index (χ3v) is 9.02. The van der Waals surface area contributed by atoms with Crippen LogP contribution in [0.1, 0.15) is 65.7 Å². The Morgan fingerprint density at radius 1 is 1.12 bits per heavy atom. The third kappa shape index (κ3) is 3.96. The molecule has 2 aliphatic carbocycles. The first-order valence-electron chi connectivity index (χ1n) is 10.3. The van der Waals surface area contributed by atoms with Crippen molar-refractivity contribution in [2.75, 3.05) is 32.4 Å². The summed E-state index contributed by atoms with van der Waals surface area (Å²) in [5.41, 5.74) is 0.677. The first kappa shape index (κ1) is 20.1. The lowest BCUT2D eigenvalue weighted by atomic mass is 9.66. The molecule has 3 aliphatic rings. The zero-order chi connectivity index (χ0) is 19.2. The second-order valence-electron chi connectivity index (χ2n) is 9.58. The molecule has 1 spiro atoms. The summed E-state index contributed by atoms with van der Waals surface area (Å²) in [4.78, 5) is 15.0. The summed E-state index contributed by atoms with van der Waals surface area (Å²) in [7, 11) is -3.16. The summed E-state index contributed by atoms with van der Waals surface area (Å²) >= 11 is 0. The fourth-order valence-corrected chi connectivity index (χ4v) is 6.05. The van der Waals surface area contributed by atoms with E-state index >= 15 is 0 Å². The van der Waals surface area contributed by atoms with Crippen LogP contribution in [0.2, 0.25) is 0 Å². The van der Waals surface area contributed by atoms with E-state index in [-0.39, 0.29) is 17.2 Å². The Kier molecular flexibility index (Phi) is 5.48. The van der Waals surface area contributed by atoms with Crippen LogP contribution in [0, 0.1) is 22.7 Å². The third-order valence-electron chi connectivity index (χ3n) is 7.72. The minimum absolute atomic E-state index is 0.193. The maximum atomic E-state index is 13.0. The zero-order valence-corrected chi connectivity index (χ0v) is 17.8. The number of carbonyl (C=O) groups is 1. The molecule has 5 nitrogen and oxygen atoms in total. The van der Waals surface area contributed by atoms with Gasteiger partial charge in [-0.05, 0) is 55.3 Å². The summed E-state index contributed by atoms with van der Waals surface area (Å²) < 4.78 is 25.0. The summed E-state index contributed by atoms with van der Waals surface area (Å²) in [6, 6.07) is 0. The SMILES string of the molecule is CCC(C)(C)C1CCC2(CC1)CC2C(=O)N1CCCN(S(C)(=O)=O)CC1. The van der Waals surface area contributed by atoms with E-state index in [1.807, 2.05) is 4.90 Å². The van der Waals surface area contributed by atoms with E-state index in [0.29, 0.717) is 31.6 Å². The van der Waals surface area contributed by atoms with Crippen molar-refractivity contribution in [1.82, 2.24) is 9.21 Å². The Morgan fingerprint density at radius 2 is 1.77 bits per heavy atom. The Bertz CT molecular complexity index is 635. The molecule has 1 aliphatic heterocycles. The molecular weight excluding hydrogens is 348 g/mol. The second kappa shape index (κ2) is 7.08. The standard InChI is InChI=1S/C20H36N2O3S/c1-5-19(2,3)16-7-9-20(10-8-16)15-17(20)18(23)21-11-6-12-22(14-13-21)26(4,24)25/h16-17H,5-15H2,1-4H3. The number of rotatable bonds is 4. The number of hydrogen-bond donors (Lipinski definition) is 0. The first-order chi connectivity index (χ1) is 12.1. The number of carbonyl (C=O) groups excluding carboxylic acids is 1. The van der Waals surface area contributed by atoms with Gasteiger partial charge in [-0.1, -0.05) is 27.2 Å². The highest BCUT2D eigenvalue weighted by Crippen LogP contribution is 2.64. The van der Waals surface area contributed by atoms with Crippen molar-refractivity contribution in [2.24, 2.45) is 22.7 Å². The maximum Gasteiger partial charge on any atom is 0.226 e. The first-order valence-corrected chi connectivity index (χ1v) is 12.2. The Hall–Kier alpha value is -0.620.